The number of nitrogens with zero attached hydrogens (tertiary/aromatic N) is 6. The third-order valence-electron chi connectivity index (χ3n) is 7.89. The van der Waals surface area contributed by atoms with Crippen molar-refractivity contribution in [2.24, 2.45) is 0 Å². The number of benzene rings is 4. The van der Waals surface area contributed by atoms with Crippen molar-refractivity contribution in [1.29, 1.82) is 0 Å². The number of aryl methyl sites for hydroxylation is 2. The van der Waals surface area contributed by atoms with Crippen molar-refractivity contribution in [3.63, 3.8) is 0 Å². The van der Waals surface area contributed by atoms with Crippen LogP contribution in [0.3, 0.4) is 0 Å². The van der Waals surface area contributed by atoms with Crippen LogP contribution in [0.1, 0.15) is 45.5 Å². The van der Waals surface area contributed by atoms with Crippen LogP contribution in [-0.2, 0) is 0 Å². The van der Waals surface area contributed by atoms with E-state index in [1.807, 2.05) is 13.8 Å². The molecule has 2 heterocycles. The van der Waals surface area contributed by atoms with Crippen LogP contribution in [0.4, 0.5) is 23.3 Å². The number of hydrogen-bond donors (Lipinski definition) is 4. The van der Waals surface area contributed by atoms with Crippen LogP contribution < -0.4 is 10.6 Å². The van der Waals surface area contributed by atoms with Crippen molar-refractivity contribution in [2.75, 3.05) is 10.6 Å². The second-order valence-electron chi connectivity index (χ2n) is 11.5. The second-order valence-corrected chi connectivity index (χ2v) is 12.6. The third kappa shape index (κ3) is 7.84. The SMILES string of the molecule is Cc1cc(Sc2cc(C)cc(C(Nc3ncccn3)c3ccc([N+](=O)[O-])cc3)c2O)c(O)c(C(Nc2ncccn2)c2ccc([N+](=O)[O-])cc2)c1. The minimum atomic E-state index is -0.712. The fourth-order valence-electron chi connectivity index (χ4n) is 5.52. The Morgan fingerprint density at radius 3 is 1.29 bits per heavy atom. The molecule has 0 aliphatic rings. The molecular weight excluding hydrogens is 673 g/mol. The first kappa shape index (κ1) is 34.3. The standard InChI is InChI=1S/C36H30N8O6S/c1-21-17-27(31(41-35-37-13-3-14-38-35)23-5-9-25(10-6-23)43(47)48)33(45)29(19-21)51-30-20-22(2)18-28(34(30)46)32(42-36-39-15-4-16-40-36)24-7-11-26(12-8-24)44(49)50/h3-20,31-32,45-46H,1-2H3,(H,37,38,41)(H,39,40,42). The molecule has 2 atom stereocenters. The van der Waals surface area contributed by atoms with Crippen molar-refractivity contribution < 1.29 is 20.1 Å². The highest BCUT2D eigenvalue weighted by molar-refractivity contribution is 7.99. The van der Waals surface area contributed by atoms with Crippen LogP contribution in [0.2, 0.25) is 0 Å². The maximum Gasteiger partial charge on any atom is 0.269 e. The first-order chi connectivity index (χ1) is 24.6. The Morgan fingerprint density at radius 1 is 0.608 bits per heavy atom. The van der Waals surface area contributed by atoms with Crippen LogP contribution >= 0.6 is 11.8 Å². The van der Waals surface area contributed by atoms with Gasteiger partial charge in [-0.05, 0) is 96.8 Å². The summed E-state index contributed by atoms with van der Waals surface area (Å²) in [6.07, 6.45) is 6.28. The van der Waals surface area contributed by atoms with Gasteiger partial charge >= 0.3 is 0 Å². The smallest absolute Gasteiger partial charge is 0.269 e. The van der Waals surface area contributed by atoms with E-state index in [1.165, 1.54) is 24.3 Å². The number of hydrogen-bond acceptors (Lipinski definition) is 13. The predicted octanol–water partition coefficient (Wildman–Crippen LogP) is 7.67. The molecule has 0 aliphatic heterocycles. The van der Waals surface area contributed by atoms with Gasteiger partial charge in [0.15, 0.2) is 0 Å². The Kier molecular flexibility index (Phi) is 9.99. The van der Waals surface area contributed by atoms with E-state index in [0.717, 1.165) is 22.9 Å². The van der Waals surface area contributed by atoms with Crippen LogP contribution in [-0.4, -0.2) is 40.0 Å². The Hall–Kier alpha value is -6.61. The van der Waals surface area contributed by atoms with E-state index in [-0.39, 0.29) is 34.8 Å². The molecule has 0 radical (unpaired) electrons. The third-order valence-corrected chi connectivity index (χ3v) is 8.95. The van der Waals surface area contributed by atoms with Gasteiger partial charge in [0.25, 0.3) is 11.4 Å². The summed E-state index contributed by atoms with van der Waals surface area (Å²) in [7, 11) is 0. The van der Waals surface area contributed by atoms with Gasteiger partial charge in [0.05, 0.1) is 31.7 Å². The molecular formula is C36H30N8O6S. The molecule has 0 amide bonds. The Labute approximate surface area is 295 Å². The molecule has 15 heteroatoms. The molecule has 0 spiro atoms. The van der Waals surface area contributed by atoms with E-state index in [1.54, 1.807) is 85.5 Å². The minimum Gasteiger partial charge on any atom is -0.506 e. The van der Waals surface area contributed by atoms with Gasteiger partial charge in [-0.2, -0.15) is 0 Å². The van der Waals surface area contributed by atoms with E-state index in [0.29, 0.717) is 32.0 Å². The summed E-state index contributed by atoms with van der Waals surface area (Å²) in [5, 5.41) is 52.9. The Bertz CT molecular complexity index is 2040. The zero-order valence-electron chi connectivity index (χ0n) is 27.2. The molecule has 0 saturated carbocycles. The fraction of sp³-hybridized carbons (Fsp3) is 0.111. The van der Waals surface area contributed by atoms with Gasteiger partial charge in [-0.15, -0.1) is 0 Å². The van der Waals surface area contributed by atoms with Gasteiger partial charge in [-0.3, -0.25) is 20.2 Å². The highest BCUT2D eigenvalue weighted by Crippen LogP contribution is 2.47. The number of nitro groups is 2. The monoisotopic (exact) mass is 702 g/mol. The van der Waals surface area contributed by atoms with E-state index in [2.05, 4.69) is 30.6 Å². The lowest BCUT2D eigenvalue weighted by Gasteiger charge is -2.24. The van der Waals surface area contributed by atoms with Crippen LogP contribution in [0.25, 0.3) is 0 Å². The number of nitro benzene ring substituents is 2. The molecule has 14 nitrogen and oxygen atoms in total. The van der Waals surface area contributed by atoms with Gasteiger partial charge in [0.1, 0.15) is 11.5 Å². The molecule has 6 rings (SSSR count). The van der Waals surface area contributed by atoms with E-state index < -0.39 is 21.9 Å². The van der Waals surface area contributed by atoms with E-state index >= 15 is 0 Å². The first-order valence-electron chi connectivity index (χ1n) is 15.5. The van der Waals surface area contributed by atoms with E-state index in [9.17, 15) is 30.4 Å². The number of anilines is 2. The summed E-state index contributed by atoms with van der Waals surface area (Å²) in [5.74, 6) is 0.401. The number of phenolic OH excluding ortho intramolecular Hbond substituents is 2. The number of nitrogens with one attached hydrogen (secondary N) is 2. The maximum atomic E-state index is 11.8. The Morgan fingerprint density at radius 2 is 0.961 bits per heavy atom. The normalized spacial score (nSPS) is 12.1. The molecule has 256 valence electrons. The van der Waals surface area contributed by atoms with Gasteiger partial charge in [0.2, 0.25) is 11.9 Å². The van der Waals surface area contributed by atoms with Crippen molar-refractivity contribution >= 4 is 35.0 Å². The van der Waals surface area contributed by atoms with E-state index in [4.69, 9.17) is 0 Å². The molecule has 0 aliphatic carbocycles. The van der Waals surface area contributed by atoms with Crippen LogP contribution in [0.15, 0.2) is 120 Å². The summed E-state index contributed by atoms with van der Waals surface area (Å²) < 4.78 is 0. The molecule has 6 aromatic rings. The lowest BCUT2D eigenvalue weighted by molar-refractivity contribution is -0.385. The van der Waals surface area contributed by atoms with Gasteiger partial charge in [-0.25, -0.2) is 19.9 Å². The quantitative estimate of drug-likeness (QED) is 0.0715. The molecule has 0 fully saturated rings. The molecule has 4 aromatic carbocycles. The molecule has 2 unspecified atom stereocenters. The maximum absolute atomic E-state index is 11.8. The van der Waals surface area contributed by atoms with Gasteiger partial charge in [0, 0.05) is 60.2 Å². The van der Waals surface area contributed by atoms with Crippen molar-refractivity contribution in [1.82, 2.24) is 19.9 Å². The second kappa shape index (κ2) is 14.9. The largest absolute Gasteiger partial charge is 0.506 e. The number of aromatic nitrogens is 4. The summed E-state index contributed by atoms with van der Waals surface area (Å²) in [4.78, 5) is 39.7. The zero-order chi connectivity index (χ0) is 36.1. The van der Waals surface area contributed by atoms with Gasteiger partial charge in [-0.1, -0.05) is 11.8 Å². The summed E-state index contributed by atoms with van der Waals surface area (Å²) >= 11 is 1.15. The zero-order valence-corrected chi connectivity index (χ0v) is 28.0. The van der Waals surface area contributed by atoms with Gasteiger partial charge < -0.3 is 20.8 Å². The lowest BCUT2D eigenvalue weighted by atomic mass is 9.96. The fourth-order valence-corrected chi connectivity index (χ4v) is 6.68. The predicted molar refractivity (Wildman–Crippen MR) is 191 cm³/mol. The molecule has 0 bridgehead atoms. The number of rotatable bonds is 12. The number of aromatic hydroxyl groups is 2. The van der Waals surface area contributed by atoms with Crippen molar-refractivity contribution in [2.45, 2.75) is 35.7 Å². The average molecular weight is 703 g/mol. The topological polar surface area (TPSA) is 202 Å². The number of non-ortho nitro benzene ring substituents is 2. The summed E-state index contributed by atoms with van der Waals surface area (Å²) in [6.45, 7) is 3.74. The lowest BCUT2D eigenvalue weighted by Crippen LogP contribution is -2.15. The molecule has 0 saturated heterocycles. The highest BCUT2D eigenvalue weighted by atomic mass is 32.2. The average Bonchev–Trinajstić information content (AvgIpc) is 3.13. The summed E-state index contributed by atoms with van der Waals surface area (Å²) in [6, 6.07) is 21.1. The Balaban J connectivity index is 1.42. The van der Waals surface area contributed by atoms with Crippen molar-refractivity contribution in [3.05, 3.63) is 163 Å². The van der Waals surface area contributed by atoms with Crippen molar-refractivity contribution in [3.8, 4) is 11.5 Å². The van der Waals surface area contributed by atoms with Crippen LogP contribution in [0.5, 0.6) is 11.5 Å². The minimum absolute atomic E-state index is 0.0794. The number of phenols is 2. The summed E-state index contributed by atoms with van der Waals surface area (Å²) in [5.41, 5.74) is 3.58. The first-order valence-corrected chi connectivity index (χ1v) is 16.3. The molecule has 51 heavy (non-hydrogen) atoms. The molecule has 4 N–H and O–H groups in total. The molecule has 2 aromatic heterocycles. The highest BCUT2D eigenvalue weighted by Gasteiger charge is 2.26. The van der Waals surface area contributed by atoms with Crippen LogP contribution in [0, 0.1) is 34.1 Å².